The third-order valence-electron chi connectivity index (χ3n) is 2.94. The highest BCUT2D eigenvalue weighted by Gasteiger charge is 2.12. The molecule has 0 aliphatic heterocycles. The zero-order chi connectivity index (χ0) is 12.7. The van der Waals surface area contributed by atoms with E-state index in [-0.39, 0.29) is 0 Å². The summed E-state index contributed by atoms with van der Waals surface area (Å²) in [4.78, 5) is 4.64. The van der Waals surface area contributed by atoms with E-state index >= 15 is 0 Å². The van der Waals surface area contributed by atoms with E-state index in [1.165, 1.54) is 0 Å². The molecule has 0 amide bonds. The van der Waals surface area contributed by atoms with Crippen LogP contribution in [0.5, 0.6) is 0 Å². The van der Waals surface area contributed by atoms with E-state index in [9.17, 15) is 0 Å². The van der Waals surface area contributed by atoms with Crippen LogP contribution in [-0.2, 0) is 0 Å². The Balaban J connectivity index is 2.34. The summed E-state index contributed by atoms with van der Waals surface area (Å²) < 4.78 is 1.68. The first-order valence-corrected chi connectivity index (χ1v) is 6.12. The average Bonchev–Trinajstić information content (AvgIpc) is 2.76. The number of hydrogen-bond donors (Lipinski definition) is 0. The Morgan fingerprint density at radius 1 is 1.11 bits per heavy atom. The molecule has 0 aliphatic rings. The summed E-state index contributed by atoms with van der Waals surface area (Å²) in [5.41, 5.74) is 4.61. The van der Waals surface area contributed by atoms with Crippen molar-refractivity contribution >= 4 is 17.2 Å². The highest BCUT2D eigenvalue weighted by atomic mass is 35.5. The van der Waals surface area contributed by atoms with Crippen LogP contribution in [0.3, 0.4) is 0 Å². The third-order valence-corrected chi connectivity index (χ3v) is 3.38. The van der Waals surface area contributed by atoms with E-state index < -0.39 is 0 Å². The Bertz CT molecular complexity index is 717. The Kier molecular flexibility index (Phi) is 2.56. The van der Waals surface area contributed by atoms with E-state index in [1.54, 1.807) is 4.52 Å². The lowest BCUT2D eigenvalue weighted by molar-refractivity contribution is 0.910. The minimum atomic E-state index is 0.618. The molecular weight excluding hydrogens is 246 g/mol. The Labute approximate surface area is 110 Å². The molecule has 4 heteroatoms. The van der Waals surface area contributed by atoms with Crippen molar-refractivity contribution in [1.29, 1.82) is 0 Å². The van der Waals surface area contributed by atoms with Gasteiger partial charge in [-0.15, -0.1) is 0 Å². The highest BCUT2D eigenvalue weighted by Crippen LogP contribution is 2.27. The fourth-order valence-electron chi connectivity index (χ4n) is 2.04. The molecule has 2 heterocycles. The maximum Gasteiger partial charge on any atom is 0.157 e. The lowest BCUT2D eigenvalue weighted by atomic mass is 10.1. The first-order chi connectivity index (χ1) is 8.66. The molecular formula is C14H12ClN3. The molecule has 3 rings (SSSR count). The van der Waals surface area contributed by atoms with Gasteiger partial charge in [0.15, 0.2) is 5.65 Å². The summed E-state index contributed by atoms with van der Waals surface area (Å²) in [7, 11) is 0. The van der Waals surface area contributed by atoms with Crippen LogP contribution in [0.2, 0.25) is 5.15 Å². The minimum Gasteiger partial charge on any atom is -0.228 e. The van der Waals surface area contributed by atoms with Crippen LogP contribution in [0.1, 0.15) is 11.3 Å². The van der Waals surface area contributed by atoms with Gasteiger partial charge in [-0.25, -0.2) is 9.50 Å². The van der Waals surface area contributed by atoms with Crippen molar-refractivity contribution in [1.82, 2.24) is 14.6 Å². The third kappa shape index (κ3) is 1.68. The van der Waals surface area contributed by atoms with E-state index in [0.717, 1.165) is 28.2 Å². The number of hydrogen-bond acceptors (Lipinski definition) is 2. The van der Waals surface area contributed by atoms with E-state index in [4.69, 9.17) is 11.6 Å². The highest BCUT2D eigenvalue weighted by molar-refractivity contribution is 6.30. The molecule has 0 atom stereocenters. The predicted octanol–water partition coefficient (Wildman–Crippen LogP) is 3.67. The molecule has 0 aliphatic carbocycles. The van der Waals surface area contributed by atoms with Gasteiger partial charge in [0.25, 0.3) is 0 Å². The largest absolute Gasteiger partial charge is 0.228 e. The number of aromatic nitrogens is 3. The van der Waals surface area contributed by atoms with Gasteiger partial charge in [0.2, 0.25) is 0 Å². The van der Waals surface area contributed by atoms with Crippen LogP contribution in [0.15, 0.2) is 36.4 Å². The van der Waals surface area contributed by atoms with Crippen LogP contribution >= 0.6 is 11.6 Å². The summed E-state index contributed by atoms with van der Waals surface area (Å²) in [6.45, 7) is 3.90. The summed E-state index contributed by atoms with van der Waals surface area (Å²) in [6.07, 6.45) is 0. The lowest BCUT2D eigenvalue weighted by Crippen LogP contribution is -1.99. The minimum absolute atomic E-state index is 0.618. The number of halogens is 1. The second-order valence-electron chi connectivity index (χ2n) is 4.30. The van der Waals surface area contributed by atoms with Crippen molar-refractivity contribution in [2.75, 3.05) is 0 Å². The average molecular weight is 258 g/mol. The van der Waals surface area contributed by atoms with Crippen molar-refractivity contribution in [3.8, 4) is 11.3 Å². The van der Waals surface area contributed by atoms with Crippen molar-refractivity contribution in [2.45, 2.75) is 13.8 Å². The van der Waals surface area contributed by atoms with Gasteiger partial charge in [-0.05, 0) is 13.8 Å². The molecule has 2 aromatic heterocycles. The first-order valence-electron chi connectivity index (χ1n) is 5.75. The van der Waals surface area contributed by atoms with Crippen LogP contribution in [-0.4, -0.2) is 14.6 Å². The van der Waals surface area contributed by atoms with E-state index in [1.807, 2.05) is 50.2 Å². The summed E-state index contributed by atoms with van der Waals surface area (Å²) >= 11 is 6.35. The molecule has 0 bridgehead atoms. The molecule has 3 aromatic rings. The van der Waals surface area contributed by atoms with Gasteiger partial charge in [-0.1, -0.05) is 41.9 Å². The number of benzene rings is 1. The SMILES string of the molecule is Cc1cc2nc(-c3ccccc3)c(C)c(Cl)n2n1. The molecule has 0 saturated heterocycles. The Morgan fingerprint density at radius 3 is 2.56 bits per heavy atom. The van der Waals surface area contributed by atoms with Gasteiger partial charge in [0.05, 0.1) is 11.4 Å². The molecule has 1 aromatic carbocycles. The van der Waals surface area contributed by atoms with Crippen molar-refractivity contribution in [2.24, 2.45) is 0 Å². The van der Waals surface area contributed by atoms with Gasteiger partial charge < -0.3 is 0 Å². The normalized spacial score (nSPS) is 11.1. The number of aryl methyl sites for hydroxylation is 1. The number of fused-ring (bicyclic) bond motifs is 1. The van der Waals surface area contributed by atoms with Crippen LogP contribution < -0.4 is 0 Å². The maximum atomic E-state index is 6.35. The van der Waals surface area contributed by atoms with Crippen molar-refractivity contribution < 1.29 is 0 Å². The molecule has 90 valence electrons. The first kappa shape index (κ1) is 11.2. The summed E-state index contributed by atoms with van der Waals surface area (Å²) in [5, 5.41) is 4.95. The smallest absolute Gasteiger partial charge is 0.157 e. The van der Waals surface area contributed by atoms with Gasteiger partial charge in [0, 0.05) is 17.2 Å². The van der Waals surface area contributed by atoms with Gasteiger partial charge in [-0.3, -0.25) is 0 Å². The van der Waals surface area contributed by atoms with Crippen LogP contribution in [0.4, 0.5) is 0 Å². The number of nitrogens with zero attached hydrogens (tertiary/aromatic N) is 3. The molecule has 0 fully saturated rings. The topological polar surface area (TPSA) is 30.2 Å². The quantitative estimate of drug-likeness (QED) is 0.623. The molecule has 0 radical (unpaired) electrons. The fraction of sp³-hybridized carbons (Fsp3) is 0.143. The molecule has 18 heavy (non-hydrogen) atoms. The maximum absolute atomic E-state index is 6.35. The second-order valence-corrected chi connectivity index (χ2v) is 4.66. The molecule has 0 N–H and O–H groups in total. The Hall–Kier alpha value is -1.87. The zero-order valence-electron chi connectivity index (χ0n) is 10.2. The van der Waals surface area contributed by atoms with Crippen molar-refractivity contribution in [3.63, 3.8) is 0 Å². The molecule has 3 nitrogen and oxygen atoms in total. The zero-order valence-corrected chi connectivity index (χ0v) is 10.9. The lowest BCUT2D eigenvalue weighted by Gasteiger charge is -2.08. The Morgan fingerprint density at radius 2 is 1.83 bits per heavy atom. The second kappa shape index (κ2) is 4.10. The van der Waals surface area contributed by atoms with Crippen LogP contribution in [0.25, 0.3) is 16.9 Å². The van der Waals surface area contributed by atoms with Gasteiger partial charge in [-0.2, -0.15) is 5.10 Å². The van der Waals surface area contributed by atoms with Gasteiger partial charge in [0.1, 0.15) is 5.15 Å². The van der Waals surface area contributed by atoms with E-state index in [0.29, 0.717) is 5.15 Å². The van der Waals surface area contributed by atoms with Gasteiger partial charge >= 0.3 is 0 Å². The number of rotatable bonds is 1. The standard InChI is InChI=1S/C14H12ClN3/c1-9-8-12-16-13(11-6-4-3-5-7-11)10(2)14(15)18(12)17-9/h3-8H,1-2H3. The summed E-state index contributed by atoms with van der Waals surface area (Å²) in [5.74, 6) is 0. The molecule has 0 unspecified atom stereocenters. The monoisotopic (exact) mass is 257 g/mol. The molecule has 0 spiro atoms. The fourth-order valence-corrected chi connectivity index (χ4v) is 2.26. The van der Waals surface area contributed by atoms with Crippen LogP contribution in [0, 0.1) is 13.8 Å². The predicted molar refractivity (Wildman–Crippen MR) is 72.9 cm³/mol. The summed E-state index contributed by atoms with van der Waals surface area (Å²) in [6, 6.07) is 12.0. The van der Waals surface area contributed by atoms with Crippen molar-refractivity contribution in [3.05, 3.63) is 52.8 Å². The molecule has 0 saturated carbocycles. The van der Waals surface area contributed by atoms with E-state index in [2.05, 4.69) is 10.1 Å².